The van der Waals surface area contributed by atoms with Crippen LogP contribution in [0.2, 0.25) is 0 Å². The van der Waals surface area contributed by atoms with Gasteiger partial charge in [0.2, 0.25) is 0 Å². The highest BCUT2D eigenvalue weighted by Crippen LogP contribution is 2.61. The average Bonchev–Trinajstić information content (AvgIpc) is 2.82. The fourth-order valence-corrected chi connectivity index (χ4v) is 6.75. The molecule has 0 bridgehead atoms. The van der Waals surface area contributed by atoms with Crippen molar-refractivity contribution >= 4 is 5.78 Å². The van der Waals surface area contributed by atoms with Crippen molar-refractivity contribution in [3.05, 3.63) is 34.9 Å². The van der Waals surface area contributed by atoms with E-state index in [9.17, 15) is 30.3 Å². The quantitative estimate of drug-likeness (QED) is 0.236. The molecule has 0 aromatic carbocycles. The molecule has 8 atom stereocenters. The Labute approximate surface area is 214 Å². The van der Waals surface area contributed by atoms with Crippen LogP contribution in [-0.4, -0.2) is 81.8 Å². The minimum atomic E-state index is -1.41. The first-order chi connectivity index (χ1) is 17.0. The first-order valence-corrected chi connectivity index (χ1v) is 13.1. The van der Waals surface area contributed by atoms with Gasteiger partial charge in [0.25, 0.3) is 0 Å². The molecule has 36 heavy (non-hydrogen) atoms. The van der Waals surface area contributed by atoms with E-state index in [-0.39, 0.29) is 36.9 Å². The average molecular weight is 509 g/mol. The molecule has 1 saturated carbocycles. The van der Waals surface area contributed by atoms with Gasteiger partial charge in [-0.1, -0.05) is 43.6 Å². The van der Waals surface area contributed by atoms with Gasteiger partial charge >= 0.3 is 0 Å². The molecular weight excluding hydrogens is 464 g/mol. The molecule has 8 heteroatoms. The lowest BCUT2D eigenvalue weighted by Gasteiger charge is -2.59. The molecule has 1 heterocycles. The Morgan fingerprint density at radius 3 is 2.50 bits per heavy atom. The zero-order chi connectivity index (χ0) is 26.7. The molecule has 2 aliphatic carbocycles. The van der Waals surface area contributed by atoms with Crippen LogP contribution in [-0.2, 0) is 14.3 Å². The molecule has 0 spiro atoms. The molecule has 5 N–H and O–H groups in total. The minimum absolute atomic E-state index is 0.00929. The van der Waals surface area contributed by atoms with E-state index in [2.05, 4.69) is 13.8 Å². The summed E-state index contributed by atoms with van der Waals surface area (Å²) in [6.45, 7) is 7.61. The van der Waals surface area contributed by atoms with E-state index < -0.39 is 36.1 Å². The zero-order valence-electron chi connectivity index (χ0n) is 22.0. The van der Waals surface area contributed by atoms with Gasteiger partial charge in [-0.3, -0.25) is 4.79 Å². The predicted molar refractivity (Wildman–Crippen MR) is 135 cm³/mol. The lowest BCUT2D eigenvalue weighted by atomic mass is 9.48. The molecule has 0 radical (unpaired) electrons. The van der Waals surface area contributed by atoms with E-state index in [1.807, 2.05) is 13.0 Å². The number of ketones is 1. The second-order valence-corrected chi connectivity index (χ2v) is 11.4. The third kappa shape index (κ3) is 6.01. The maximum absolute atomic E-state index is 11.8. The molecule has 0 aromatic heterocycles. The molecule has 3 rings (SSSR count). The summed E-state index contributed by atoms with van der Waals surface area (Å²) >= 11 is 0. The van der Waals surface area contributed by atoms with Crippen LogP contribution < -0.4 is 0 Å². The summed E-state index contributed by atoms with van der Waals surface area (Å²) in [4.78, 5) is 11.8. The van der Waals surface area contributed by atoms with Crippen molar-refractivity contribution in [2.75, 3.05) is 19.8 Å². The Bertz CT molecular complexity index is 879. The predicted octanol–water partition coefficient (Wildman–Crippen LogP) is 2.18. The van der Waals surface area contributed by atoms with Crippen molar-refractivity contribution in [1.82, 2.24) is 0 Å². The number of hydrogen-bond acceptors (Lipinski definition) is 8. The molecule has 204 valence electrons. The first kappa shape index (κ1) is 29.2. The highest BCUT2D eigenvalue weighted by molar-refractivity contribution is 5.87. The number of aliphatic hydroxyl groups excluding tert-OH is 5. The summed E-state index contributed by atoms with van der Waals surface area (Å²) in [5.74, 6) is -0.162. The topological polar surface area (TPSA) is 137 Å². The van der Waals surface area contributed by atoms with Crippen molar-refractivity contribution < 1.29 is 39.8 Å². The van der Waals surface area contributed by atoms with Crippen molar-refractivity contribution in [1.29, 1.82) is 0 Å². The molecule has 0 amide bonds. The van der Waals surface area contributed by atoms with E-state index >= 15 is 0 Å². The van der Waals surface area contributed by atoms with Crippen LogP contribution in [0, 0.1) is 16.7 Å². The molecular formula is C28H44O8. The van der Waals surface area contributed by atoms with Gasteiger partial charge < -0.3 is 35.0 Å². The van der Waals surface area contributed by atoms with Crippen LogP contribution in [0.3, 0.4) is 0 Å². The van der Waals surface area contributed by atoms with Gasteiger partial charge in [0, 0.05) is 12.5 Å². The van der Waals surface area contributed by atoms with Gasteiger partial charge in [0.05, 0.1) is 19.3 Å². The van der Waals surface area contributed by atoms with Crippen LogP contribution in [0.15, 0.2) is 34.9 Å². The molecule has 1 saturated heterocycles. The van der Waals surface area contributed by atoms with Crippen molar-refractivity contribution in [3.63, 3.8) is 0 Å². The molecule has 2 fully saturated rings. The molecule has 0 aromatic rings. The van der Waals surface area contributed by atoms with E-state index in [1.165, 1.54) is 12.5 Å². The van der Waals surface area contributed by atoms with Crippen LogP contribution in [0.25, 0.3) is 0 Å². The van der Waals surface area contributed by atoms with Crippen LogP contribution >= 0.6 is 0 Å². The lowest BCUT2D eigenvalue weighted by Crippen LogP contribution is -2.59. The SMILES string of the molecule is CC(=O)/C=C/C1=C(CC/C(C)=C/CO)[C@@]2(C)CCC[C@](C)(CO)[C@H]2[C@H](O[C@@H]2OC[C@H](O)[C@@H](O)[C@@H]2O)C1. The van der Waals surface area contributed by atoms with E-state index in [0.29, 0.717) is 6.42 Å². The zero-order valence-corrected chi connectivity index (χ0v) is 22.0. The van der Waals surface area contributed by atoms with Gasteiger partial charge in [0.15, 0.2) is 12.1 Å². The monoisotopic (exact) mass is 508 g/mol. The summed E-state index contributed by atoms with van der Waals surface area (Å²) in [6.07, 6.45) is 4.34. The number of fused-ring (bicyclic) bond motifs is 1. The van der Waals surface area contributed by atoms with Gasteiger partial charge in [0.1, 0.15) is 18.3 Å². The number of allylic oxidation sites excluding steroid dienone is 4. The van der Waals surface area contributed by atoms with Gasteiger partial charge in [-0.25, -0.2) is 0 Å². The Morgan fingerprint density at radius 1 is 1.14 bits per heavy atom. The second kappa shape index (κ2) is 12.0. The normalized spacial score (nSPS) is 40.0. The minimum Gasteiger partial charge on any atom is -0.396 e. The maximum atomic E-state index is 11.8. The highest BCUT2D eigenvalue weighted by Gasteiger charge is 2.57. The third-order valence-electron chi connectivity index (χ3n) is 8.60. The number of rotatable bonds is 9. The van der Waals surface area contributed by atoms with Crippen LogP contribution in [0.4, 0.5) is 0 Å². The van der Waals surface area contributed by atoms with Crippen molar-refractivity contribution in [2.45, 2.75) is 96.9 Å². The Balaban J connectivity index is 2.06. The molecule has 3 aliphatic rings. The Morgan fingerprint density at radius 2 is 1.86 bits per heavy atom. The lowest BCUT2D eigenvalue weighted by molar-refractivity contribution is -0.297. The first-order valence-electron chi connectivity index (χ1n) is 13.1. The van der Waals surface area contributed by atoms with E-state index in [0.717, 1.165) is 43.3 Å². The fourth-order valence-electron chi connectivity index (χ4n) is 6.75. The molecule has 0 unspecified atom stereocenters. The summed E-state index contributed by atoms with van der Waals surface area (Å²) < 4.78 is 12.0. The highest BCUT2D eigenvalue weighted by atomic mass is 16.7. The third-order valence-corrected chi connectivity index (χ3v) is 8.60. The Hall–Kier alpha value is -1.39. The molecule has 8 nitrogen and oxygen atoms in total. The van der Waals surface area contributed by atoms with Gasteiger partial charge in [-0.15, -0.1) is 0 Å². The van der Waals surface area contributed by atoms with E-state index in [1.54, 1.807) is 12.2 Å². The van der Waals surface area contributed by atoms with Crippen molar-refractivity contribution in [3.8, 4) is 0 Å². The van der Waals surface area contributed by atoms with Crippen LogP contribution in [0.5, 0.6) is 0 Å². The fraction of sp³-hybridized carbons (Fsp3) is 0.750. The summed E-state index contributed by atoms with van der Waals surface area (Å²) in [5, 5.41) is 50.5. The number of aliphatic hydroxyl groups is 5. The second-order valence-electron chi connectivity index (χ2n) is 11.4. The summed E-state index contributed by atoms with van der Waals surface area (Å²) in [5.41, 5.74) is 2.54. The maximum Gasteiger partial charge on any atom is 0.186 e. The van der Waals surface area contributed by atoms with Crippen LogP contribution in [0.1, 0.15) is 66.2 Å². The van der Waals surface area contributed by atoms with Crippen molar-refractivity contribution in [2.24, 2.45) is 16.7 Å². The number of carbonyl (C=O) groups is 1. The van der Waals surface area contributed by atoms with Gasteiger partial charge in [-0.05, 0) is 68.4 Å². The summed E-state index contributed by atoms with van der Waals surface area (Å²) in [7, 11) is 0. The number of hydrogen-bond donors (Lipinski definition) is 5. The largest absolute Gasteiger partial charge is 0.396 e. The smallest absolute Gasteiger partial charge is 0.186 e. The number of carbonyl (C=O) groups excluding carboxylic acids is 1. The number of ether oxygens (including phenoxy) is 2. The van der Waals surface area contributed by atoms with E-state index in [4.69, 9.17) is 9.47 Å². The van der Waals surface area contributed by atoms with Gasteiger partial charge in [-0.2, -0.15) is 0 Å². The molecule has 1 aliphatic heterocycles. The summed E-state index contributed by atoms with van der Waals surface area (Å²) in [6, 6.07) is 0. The Kier molecular flexibility index (Phi) is 9.71. The standard InChI is InChI=1S/C28H44O8/c1-17(10-13-29)6-9-20-19(8-7-18(2)31)14-22(36-26-24(34)23(33)21(32)15-35-26)25-27(3,16-30)11-5-12-28(20,25)4/h7-8,10,21-26,29-30,32-34H,5-6,9,11-16H2,1-4H3/b8-7+,17-10+/t21-,22+,23+,24-,25+,26-,27+,28+/m0/s1.